The van der Waals surface area contributed by atoms with Crippen molar-refractivity contribution in [2.45, 2.75) is 32.7 Å². The smallest absolute Gasteiger partial charge is 0.320 e. The van der Waals surface area contributed by atoms with Crippen molar-refractivity contribution in [3.05, 3.63) is 41.0 Å². The zero-order chi connectivity index (χ0) is 13.7. The van der Waals surface area contributed by atoms with Gasteiger partial charge in [-0.1, -0.05) is 23.8 Å². The van der Waals surface area contributed by atoms with Crippen LogP contribution in [0.2, 0.25) is 0 Å². The van der Waals surface area contributed by atoms with E-state index in [1.165, 1.54) is 5.57 Å². The van der Waals surface area contributed by atoms with Crippen LogP contribution in [0, 0.1) is 0 Å². The number of carbonyl (C=O) groups is 1. The van der Waals surface area contributed by atoms with Crippen LogP contribution in [0.25, 0.3) is 0 Å². The Balaban J connectivity index is 2.86. The average Bonchev–Trinajstić information content (AvgIpc) is 2.29. The molecule has 4 heteroatoms. The minimum absolute atomic E-state index is 0.222. The van der Waals surface area contributed by atoms with Gasteiger partial charge in [-0.05, 0) is 43.9 Å². The lowest BCUT2D eigenvalue weighted by molar-refractivity contribution is -0.138. The summed E-state index contributed by atoms with van der Waals surface area (Å²) in [5.74, 6) is -0.797. The topological polar surface area (TPSA) is 83.6 Å². The summed E-state index contributed by atoms with van der Waals surface area (Å²) in [4.78, 5) is 10.7. The van der Waals surface area contributed by atoms with E-state index in [0.29, 0.717) is 6.42 Å². The molecule has 0 aliphatic heterocycles. The Morgan fingerprint density at radius 3 is 2.67 bits per heavy atom. The molecule has 0 aromatic heterocycles. The SMILES string of the molecule is CC(C)=CCc1cc(C[C@@H](N)C(=O)O)ccc1O. The molecule has 0 unspecified atom stereocenters. The largest absolute Gasteiger partial charge is 0.508 e. The van der Waals surface area contributed by atoms with Crippen molar-refractivity contribution in [2.24, 2.45) is 5.73 Å². The van der Waals surface area contributed by atoms with Crippen LogP contribution in [0.3, 0.4) is 0 Å². The van der Waals surface area contributed by atoms with Gasteiger partial charge in [0.2, 0.25) is 0 Å². The van der Waals surface area contributed by atoms with E-state index in [9.17, 15) is 9.90 Å². The maximum Gasteiger partial charge on any atom is 0.320 e. The third kappa shape index (κ3) is 4.22. The van der Waals surface area contributed by atoms with Crippen LogP contribution in [-0.2, 0) is 17.6 Å². The molecule has 0 bridgehead atoms. The van der Waals surface area contributed by atoms with Gasteiger partial charge in [0.15, 0.2) is 0 Å². The Bertz CT molecular complexity index is 462. The van der Waals surface area contributed by atoms with Crippen LogP contribution in [0.1, 0.15) is 25.0 Å². The van der Waals surface area contributed by atoms with Crippen molar-refractivity contribution < 1.29 is 15.0 Å². The van der Waals surface area contributed by atoms with Crippen molar-refractivity contribution in [1.82, 2.24) is 0 Å². The number of carboxylic acids is 1. The maximum atomic E-state index is 10.7. The number of aliphatic carboxylic acids is 1. The third-order valence-corrected chi connectivity index (χ3v) is 2.65. The highest BCUT2D eigenvalue weighted by Gasteiger charge is 2.12. The summed E-state index contributed by atoms with van der Waals surface area (Å²) < 4.78 is 0. The van der Waals surface area contributed by atoms with Gasteiger partial charge in [0.1, 0.15) is 11.8 Å². The van der Waals surface area contributed by atoms with Crippen molar-refractivity contribution in [1.29, 1.82) is 0 Å². The maximum absolute atomic E-state index is 10.7. The molecule has 1 aromatic rings. The van der Waals surface area contributed by atoms with Gasteiger partial charge in [0.25, 0.3) is 0 Å². The number of aromatic hydroxyl groups is 1. The zero-order valence-electron chi connectivity index (χ0n) is 10.7. The zero-order valence-corrected chi connectivity index (χ0v) is 10.7. The molecular formula is C14H19NO3. The van der Waals surface area contributed by atoms with E-state index in [4.69, 9.17) is 10.8 Å². The molecule has 0 spiro atoms. The van der Waals surface area contributed by atoms with Gasteiger partial charge < -0.3 is 15.9 Å². The summed E-state index contributed by atoms with van der Waals surface area (Å²) in [6, 6.07) is 4.17. The number of hydrogen-bond donors (Lipinski definition) is 3. The van der Waals surface area contributed by atoms with Gasteiger partial charge in [0, 0.05) is 0 Å². The van der Waals surface area contributed by atoms with Crippen LogP contribution >= 0.6 is 0 Å². The molecule has 0 amide bonds. The van der Waals surface area contributed by atoms with Crippen molar-refractivity contribution in [3.63, 3.8) is 0 Å². The van der Waals surface area contributed by atoms with Gasteiger partial charge in [-0.3, -0.25) is 4.79 Å². The molecule has 0 saturated carbocycles. The normalized spacial score (nSPS) is 11.9. The highest BCUT2D eigenvalue weighted by atomic mass is 16.4. The van der Waals surface area contributed by atoms with Crippen LogP contribution < -0.4 is 5.73 Å². The van der Waals surface area contributed by atoms with Crippen LogP contribution in [0.5, 0.6) is 5.75 Å². The molecule has 18 heavy (non-hydrogen) atoms. The van der Waals surface area contributed by atoms with E-state index in [2.05, 4.69) is 0 Å². The Morgan fingerprint density at radius 1 is 1.44 bits per heavy atom. The highest BCUT2D eigenvalue weighted by molar-refractivity contribution is 5.73. The van der Waals surface area contributed by atoms with Crippen LogP contribution in [0.15, 0.2) is 29.8 Å². The molecule has 1 atom stereocenters. The monoisotopic (exact) mass is 249 g/mol. The lowest BCUT2D eigenvalue weighted by Gasteiger charge is -2.09. The second-order valence-electron chi connectivity index (χ2n) is 4.60. The van der Waals surface area contributed by atoms with Gasteiger partial charge in [-0.2, -0.15) is 0 Å². The molecule has 0 radical (unpaired) electrons. The molecule has 4 N–H and O–H groups in total. The first-order valence-corrected chi connectivity index (χ1v) is 5.82. The fourth-order valence-corrected chi connectivity index (χ4v) is 1.58. The molecule has 0 aliphatic rings. The Hall–Kier alpha value is -1.81. The molecule has 0 fully saturated rings. The first kappa shape index (κ1) is 14.3. The number of benzene rings is 1. The first-order valence-electron chi connectivity index (χ1n) is 5.82. The summed E-state index contributed by atoms with van der Waals surface area (Å²) in [6.45, 7) is 3.97. The fourth-order valence-electron chi connectivity index (χ4n) is 1.58. The van der Waals surface area contributed by atoms with Crippen LogP contribution in [0.4, 0.5) is 0 Å². The number of phenolic OH excluding ortho intramolecular Hbond substituents is 1. The van der Waals surface area contributed by atoms with E-state index in [1.54, 1.807) is 18.2 Å². The van der Waals surface area contributed by atoms with E-state index < -0.39 is 12.0 Å². The quantitative estimate of drug-likeness (QED) is 0.695. The molecule has 1 aromatic carbocycles. The van der Waals surface area contributed by atoms with Gasteiger partial charge in [0.05, 0.1) is 0 Å². The number of carboxylic acid groups (broad SMARTS) is 1. The predicted molar refractivity (Wildman–Crippen MR) is 70.6 cm³/mol. The van der Waals surface area contributed by atoms with Gasteiger partial charge >= 0.3 is 5.97 Å². The number of nitrogens with two attached hydrogens (primary N) is 1. The molecule has 1 rings (SSSR count). The summed E-state index contributed by atoms with van der Waals surface area (Å²) in [5, 5.41) is 18.5. The Morgan fingerprint density at radius 2 is 2.11 bits per heavy atom. The van der Waals surface area contributed by atoms with E-state index >= 15 is 0 Å². The fraction of sp³-hybridized carbons (Fsp3) is 0.357. The number of hydrogen-bond acceptors (Lipinski definition) is 3. The molecule has 0 saturated heterocycles. The van der Waals surface area contributed by atoms with Crippen LogP contribution in [-0.4, -0.2) is 22.2 Å². The average molecular weight is 249 g/mol. The Kier molecular flexibility index (Phi) is 4.92. The number of rotatable bonds is 5. The first-order chi connectivity index (χ1) is 8.40. The lowest BCUT2D eigenvalue weighted by atomic mass is 10.0. The molecule has 0 aliphatic carbocycles. The molecule has 4 nitrogen and oxygen atoms in total. The number of phenols is 1. The summed E-state index contributed by atoms with van der Waals surface area (Å²) >= 11 is 0. The van der Waals surface area contributed by atoms with Gasteiger partial charge in [-0.25, -0.2) is 0 Å². The second-order valence-corrected chi connectivity index (χ2v) is 4.60. The molecule has 98 valence electrons. The minimum Gasteiger partial charge on any atom is -0.508 e. The highest BCUT2D eigenvalue weighted by Crippen LogP contribution is 2.20. The van der Waals surface area contributed by atoms with Crippen molar-refractivity contribution >= 4 is 5.97 Å². The second kappa shape index (κ2) is 6.21. The third-order valence-electron chi connectivity index (χ3n) is 2.65. The van der Waals surface area contributed by atoms with E-state index in [-0.39, 0.29) is 12.2 Å². The molecular weight excluding hydrogens is 230 g/mol. The predicted octanol–water partition coefficient (Wildman–Crippen LogP) is 1.86. The summed E-state index contributed by atoms with van der Waals surface area (Å²) in [7, 11) is 0. The Labute approximate surface area is 107 Å². The van der Waals surface area contributed by atoms with E-state index in [1.807, 2.05) is 19.9 Å². The lowest BCUT2D eigenvalue weighted by Crippen LogP contribution is -2.32. The minimum atomic E-state index is -1.02. The van der Waals surface area contributed by atoms with Crippen molar-refractivity contribution in [2.75, 3.05) is 0 Å². The molecule has 0 heterocycles. The summed E-state index contributed by atoms with van der Waals surface area (Å²) in [5.41, 5.74) is 8.26. The van der Waals surface area contributed by atoms with Gasteiger partial charge in [-0.15, -0.1) is 0 Å². The summed E-state index contributed by atoms with van der Waals surface area (Å²) in [6.07, 6.45) is 2.90. The standard InChI is InChI=1S/C14H19NO3/c1-9(2)3-5-11-7-10(4-6-13(11)16)8-12(15)14(17)18/h3-4,6-7,12,16H,5,8,15H2,1-2H3,(H,17,18)/t12-/m1/s1. The van der Waals surface area contributed by atoms with E-state index in [0.717, 1.165) is 11.1 Å². The number of allylic oxidation sites excluding steroid dienone is 2. The van der Waals surface area contributed by atoms with Crippen molar-refractivity contribution in [3.8, 4) is 5.75 Å².